The first kappa shape index (κ1) is 14.6. The van der Waals surface area contributed by atoms with Crippen LogP contribution in [0.3, 0.4) is 0 Å². The molecule has 0 bridgehead atoms. The molecule has 3 rings (SSSR count). The predicted molar refractivity (Wildman–Crippen MR) is 84.8 cm³/mol. The topological polar surface area (TPSA) is 32.3 Å². The maximum atomic E-state index is 12.8. The number of hydrogen-bond donors (Lipinski definition) is 1. The first-order valence-electron chi connectivity index (χ1n) is 8.09. The summed E-state index contributed by atoms with van der Waals surface area (Å²) in [4.78, 5) is 14.9. The van der Waals surface area contributed by atoms with Crippen molar-refractivity contribution >= 4 is 5.91 Å². The maximum Gasteiger partial charge on any atom is 0.241 e. The Morgan fingerprint density at radius 1 is 1.38 bits per heavy atom. The Balaban J connectivity index is 1.91. The summed E-state index contributed by atoms with van der Waals surface area (Å²) in [6, 6.07) is 8.88. The lowest BCUT2D eigenvalue weighted by Crippen LogP contribution is -2.35. The summed E-state index contributed by atoms with van der Waals surface area (Å²) in [7, 11) is 0. The van der Waals surface area contributed by atoms with E-state index >= 15 is 0 Å². The molecule has 0 radical (unpaired) electrons. The minimum atomic E-state index is -0.0167. The van der Waals surface area contributed by atoms with Crippen LogP contribution >= 0.6 is 0 Å². The standard InChI is InChI=1S/C18H26N2O/c1-5-7-14-17(21)20(15-11-18(15,3)4)16(19-14)13-9-6-8-12(2)10-13/h6,8-10,14-16,19H,5,7,11H2,1-4H3. The summed E-state index contributed by atoms with van der Waals surface area (Å²) in [6.07, 6.45) is 3.11. The van der Waals surface area contributed by atoms with Gasteiger partial charge in [-0.15, -0.1) is 0 Å². The van der Waals surface area contributed by atoms with Gasteiger partial charge in [-0.3, -0.25) is 10.1 Å². The molecule has 21 heavy (non-hydrogen) atoms. The average molecular weight is 286 g/mol. The third-order valence-electron chi connectivity index (χ3n) is 4.92. The summed E-state index contributed by atoms with van der Waals surface area (Å²) in [5.74, 6) is 0.291. The van der Waals surface area contributed by atoms with Gasteiger partial charge in [0.2, 0.25) is 5.91 Å². The molecular formula is C18H26N2O. The highest BCUT2D eigenvalue weighted by Crippen LogP contribution is 2.52. The molecule has 3 heteroatoms. The van der Waals surface area contributed by atoms with Crippen LogP contribution in [0.5, 0.6) is 0 Å². The van der Waals surface area contributed by atoms with Gasteiger partial charge in [-0.25, -0.2) is 0 Å². The lowest BCUT2D eigenvalue weighted by molar-refractivity contribution is -0.131. The quantitative estimate of drug-likeness (QED) is 0.920. The Morgan fingerprint density at radius 2 is 2.10 bits per heavy atom. The minimum absolute atomic E-state index is 0.0167. The molecule has 1 aromatic rings. The fraction of sp³-hybridized carbons (Fsp3) is 0.611. The molecule has 1 heterocycles. The van der Waals surface area contributed by atoms with Crippen LogP contribution in [0, 0.1) is 12.3 Å². The molecular weight excluding hydrogens is 260 g/mol. The Hall–Kier alpha value is -1.35. The number of carbonyl (C=O) groups excluding carboxylic acids is 1. The van der Waals surface area contributed by atoms with Crippen molar-refractivity contribution in [2.24, 2.45) is 5.41 Å². The van der Waals surface area contributed by atoms with E-state index in [1.165, 1.54) is 11.1 Å². The Kier molecular flexibility index (Phi) is 3.56. The van der Waals surface area contributed by atoms with Crippen molar-refractivity contribution in [2.75, 3.05) is 0 Å². The maximum absolute atomic E-state index is 12.8. The monoisotopic (exact) mass is 286 g/mol. The number of nitrogens with zero attached hydrogens (tertiary/aromatic N) is 1. The lowest BCUT2D eigenvalue weighted by atomic mass is 10.1. The SMILES string of the molecule is CCCC1NC(c2cccc(C)c2)N(C2CC2(C)C)C1=O. The molecule has 3 nitrogen and oxygen atoms in total. The molecule has 2 fully saturated rings. The van der Waals surface area contributed by atoms with Gasteiger partial charge in [0.05, 0.1) is 6.04 Å². The van der Waals surface area contributed by atoms with Crippen molar-refractivity contribution in [3.63, 3.8) is 0 Å². The summed E-state index contributed by atoms with van der Waals surface area (Å²) < 4.78 is 0. The van der Waals surface area contributed by atoms with Crippen molar-refractivity contribution in [2.45, 2.75) is 65.2 Å². The van der Waals surface area contributed by atoms with Crippen LogP contribution in [0.1, 0.15) is 57.3 Å². The van der Waals surface area contributed by atoms with E-state index in [2.05, 4.69) is 62.2 Å². The summed E-state index contributed by atoms with van der Waals surface area (Å²) in [5, 5.41) is 3.57. The predicted octanol–water partition coefficient (Wildman–Crippen LogP) is 3.39. The summed E-state index contributed by atoms with van der Waals surface area (Å²) >= 11 is 0. The van der Waals surface area contributed by atoms with E-state index in [1.54, 1.807) is 0 Å². The number of carbonyl (C=O) groups is 1. The number of nitrogens with one attached hydrogen (secondary N) is 1. The zero-order valence-corrected chi connectivity index (χ0v) is 13.5. The van der Waals surface area contributed by atoms with E-state index in [0.717, 1.165) is 19.3 Å². The smallest absolute Gasteiger partial charge is 0.241 e. The molecule has 1 saturated heterocycles. The van der Waals surface area contributed by atoms with Crippen LogP contribution in [0.25, 0.3) is 0 Å². The van der Waals surface area contributed by atoms with Crippen LogP contribution in [-0.2, 0) is 4.79 Å². The van der Waals surface area contributed by atoms with Gasteiger partial charge in [0.15, 0.2) is 0 Å². The molecule has 1 aliphatic heterocycles. The molecule has 114 valence electrons. The molecule has 2 aliphatic rings. The zero-order chi connectivity index (χ0) is 15.2. The van der Waals surface area contributed by atoms with Gasteiger partial charge in [0.25, 0.3) is 0 Å². The molecule has 1 N–H and O–H groups in total. The van der Waals surface area contributed by atoms with Gasteiger partial charge >= 0.3 is 0 Å². The van der Waals surface area contributed by atoms with Crippen molar-refractivity contribution in [1.82, 2.24) is 10.2 Å². The number of hydrogen-bond acceptors (Lipinski definition) is 2. The highest BCUT2D eigenvalue weighted by Gasteiger charge is 2.56. The lowest BCUT2D eigenvalue weighted by Gasteiger charge is -2.26. The van der Waals surface area contributed by atoms with Gasteiger partial charge in [-0.1, -0.05) is 57.0 Å². The summed E-state index contributed by atoms with van der Waals surface area (Å²) in [5.41, 5.74) is 2.72. The van der Waals surface area contributed by atoms with Crippen molar-refractivity contribution in [3.05, 3.63) is 35.4 Å². The highest BCUT2D eigenvalue weighted by atomic mass is 16.2. The van der Waals surface area contributed by atoms with Crippen LogP contribution in [-0.4, -0.2) is 22.9 Å². The molecule has 1 saturated carbocycles. The van der Waals surface area contributed by atoms with Crippen LogP contribution < -0.4 is 5.32 Å². The third-order valence-corrected chi connectivity index (χ3v) is 4.92. The first-order valence-corrected chi connectivity index (χ1v) is 8.09. The van der Waals surface area contributed by atoms with Crippen LogP contribution in [0.4, 0.5) is 0 Å². The van der Waals surface area contributed by atoms with Crippen LogP contribution in [0.2, 0.25) is 0 Å². The van der Waals surface area contributed by atoms with E-state index in [4.69, 9.17) is 0 Å². The molecule has 3 unspecified atom stereocenters. The highest BCUT2D eigenvalue weighted by molar-refractivity contribution is 5.85. The zero-order valence-electron chi connectivity index (χ0n) is 13.5. The molecule has 0 aromatic heterocycles. The molecule has 1 aliphatic carbocycles. The Labute approximate surface area is 127 Å². The fourth-order valence-corrected chi connectivity index (χ4v) is 3.49. The largest absolute Gasteiger partial charge is 0.318 e. The third kappa shape index (κ3) is 2.59. The normalized spacial score (nSPS) is 30.8. The number of benzene rings is 1. The fourth-order valence-electron chi connectivity index (χ4n) is 3.49. The van der Waals surface area contributed by atoms with E-state index in [0.29, 0.717) is 11.9 Å². The average Bonchev–Trinajstić information content (AvgIpc) is 2.92. The Morgan fingerprint density at radius 3 is 2.67 bits per heavy atom. The van der Waals surface area contributed by atoms with E-state index in [-0.39, 0.29) is 17.6 Å². The first-order chi connectivity index (χ1) is 9.94. The minimum Gasteiger partial charge on any atom is -0.318 e. The number of amides is 1. The van der Waals surface area contributed by atoms with Gasteiger partial charge in [0.1, 0.15) is 6.17 Å². The van der Waals surface area contributed by atoms with Gasteiger partial charge in [-0.2, -0.15) is 0 Å². The molecule has 1 amide bonds. The van der Waals surface area contributed by atoms with Gasteiger partial charge in [0, 0.05) is 6.04 Å². The number of rotatable bonds is 4. The van der Waals surface area contributed by atoms with Crippen LogP contribution in [0.15, 0.2) is 24.3 Å². The second kappa shape index (κ2) is 5.13. The van der Waals surface area contributed by atoms with E-state index < -0.39 is 0 Å². The van der Waals surface area contributed by atoms with Gasteiger partial charge in [-0.05, 0) is 30.7 Å². The van der Waals surface area contributed by atoms with Crippen molar-refractivity contribution < 1.29 is 4.79 Å². The Bertz CT molecular complexity index is 552. The van der Waals surface area contributed by atoms with Crippen molar-refractivity contribution in [1.29, 1.82) is 0 Å². The van der Waals surface area contributed by atoms with Crippen molar-refractivity contribution in [3.8, 4) is 0 Å². The number of aryl methyl sites for hydroxylation is 1. The molecule has 0 spiro atoms. The van der Waals surface area contributed by atoms with E-state index in [1.807, 2.05) is 0 Å². The van der Waals surface area contributed by atoms with E-state index in [9.17, 15) is 4.79 Å². The summed E-state index contributed by atoms with van der Waals surface area (Å²) in [6.45, 7) is 8.76. The van der Waals surface area contributed by atoms with Gasteiger partial charge < -0.3 is 4.90 Å². The molecule has 3 atom stereocenters. The second-order valence-corrected chi connectivity index (χ2v) is 7.28. The second-order valence-electron chi connectivity index (χ2n) is 7.28. The molecule has 1 aromatic carbocycles.